The van der Waals surface area contributed by atoms with Crippen molar-refractivity contribution in [2.45, 2.75) is 25.7 Å². The van der Waals surface area contributed by atoms with Crippen molar-refractivity contribution in [3.8, 4) is 0 Å². The highest BCUT2D eigenvalue weighted by molar-refractivity contribution is 5.85. The number of hydrogen-bond donors (Lipinski definition) is 2. The average molecular weight is 328 g/mol. The molecule has 2 rings (SSSR count). The summed E-state index contributed by atoms with van der Waals surface area (Å²) in [4.78, 5) is 22.2. The number of nitrogens with zero attached hydrogens (tertiary/aromatic N) is 1. The van der Waals surface area contributed by atoms with Crippen molar-refractivity contribution in [3.63, 3.8) is 0 Å². The molecule has 0 aromatic heterocycles. The Morgan fingerprint density at radius 2 is 2.00 bits per heavy atom. The number of halogens is 1. The fourth-order valence-corrected chi connectivity index (χ4v) is 2.91. The lowest BCUT2D eigenvalue weighted by molar-refractivity contribution is -0.384. The zero-order valence-electron chi connectivity index (χ0n) is 12.4. The number of amides is 1. The van der Waals surface area contributed by atoms with Crippen LogP contribution < -0.4 is 11.1 Å². The number of nitrogens with one attached hydrogen (secondary N) is 1. The Labute approximate surface area is 136 Å². The smallest absolute Gasteiger partial charge is 0.269 e. The molecule has 7 heteroatoms. The maximum absolute atomic E-state index is 12.1. The van der Waals surface area contributed by atoms with E-state index in [-0.39, 0.29) is 29.9 Å². The van der Waals surface area contributed by atoms with Crippen LogP contribution in [0.15, 0.2) is 24.3 Å². The Morgan fingerprint density at radius 1 is 1.32 bits per heavy atom. The van der Waals surface area contributed by atoms with E-state index in [4.69, 9.17) is 5.73 Å². The molecule has 2 atom stereocenters. The summed E-state index contributed by atoms with van der Waals surface area (Å²) >= 11 is 0. The molecule has 0 bridgehead atoms. The maximum Gasteiger partial charge on any atom is 0.269 e. The van der Waals surface area contributed by atoms with Crippen LogP contribution in [-0.2, 0) is 11.2 Å². The summed E-state index contributed by atoms with van der Waals surface area (Å²) in [7, 11) is 0. The lowest BCUT2D eigenvalue weighted by Gasteiger charge is -2.17. The quantitative estimate of drug-likeness (QED) is 0.617. The number of non-ortho nitro benzene ring substituents is 1. The number of hydrogen-bond acceptors (Lipinski definition) is 4. The summed E-state index contributed by atoms with van der Waals surface area (Å²) in [6.07, 6.45) is 3.70. The summed E-state index contributed by atoms with van der Waals surface area (Å²) < 4.78 is 0. The van der Waals surface area contributed by atoms with Crippen molar-refractivity contribution >= 4 is 24.0 Å². The number of carbonyl (C=O) groups is 1. The van der Waals surface area contributed by atoms with Gasteiger partial charge in [0.25, 0.3) is 5.69 Å². The number of nitrogens with two attached hydrogens (primary N) is 1. The highest BCUT2D eigenvalue weighted by atomic mass is 35.5. The summed E-state index contributed by atoms with van der Waals surface area (Å²) in [5.41, 5.74) is 6.74. The van der Waals surface area contributed by atoms with Gasteiger partial charge in [-0.2, -0.15) is 0 Å². The lowest BCUT2D eigenvalue weighted by atomic mass is 9.95. The molecule has 0 aliphatic heterocycles. The van der Waals surface area contributed by atoms with E-state index in [2.05, 4.69) is 5.32 Å². The Balaban J connectivity index is 0.00000242. The lowest BCUT2D eigenvalue weighted by Crippen LogP contribution is -2.36. The standard InChI is InChI=1S/C15H21N3O3.ClH/c16-10-12-2-1-3-14(12)15(19)17-9-8-11-4-6-13(7-5-11)18(20)21;/h4-7,12,14H,1-3,8-10,16H2,(H,17,19);1H/t12-,14-;/m1./s1. The molecule has 1 amide bonds. The summed E-state index contributed by atoms with van der Waals surface area (Å²) in [5.74, 6) is 0.445. The normalized spacial score (nSPS) is 20.2. The molecule has 122 valence electrons. The van der Waals surface area contributed by atoms with Gasteiger partial charge < -0.3 is 11.1 Å². The number of rotatable bonds is 6. The van der Waals surface area contributed by atoms with E-state index in [1.54, 1.807) is 12.1 Å². The fourth-order valence-electron chi connectivity index (χ4n) is 2.91. The molecule has 1 fully saturated rings. The second-order valence-electron chi connectivity index (χ2n) is 5.50. The average Bonchev–Trinajstić information content (AvgIpc) is 2.96. The van der Waals surface area contributed by atoms with Crippen LogP contribution in [-0.4, -0.2) is 23.9 Å². The van der Waals surface area contributed by atoms with Gasteiger partial charge in [-0.3, -0.25) is 14.9 Å². The van der Waals surface area contributed by atoms with Gasteiger partial charge in [0.05, 0.1) is 4.92 Å². The van der Waals surface area contributed by atoms with E-state index in [1.165, 1.54) is 12.1 Å². The van der Waals surface area contributed by atoms with Crippen LogP contribution in [0, 0.1) is 22.0 Å². The minimum Gasteiger partial charge on any atom is -0.356 e. The first-order valence-electron chi connectivity index (χ1n) is 7.33. The maximum atomic E-state index is 12.1. The molecule has 1 aromatic carbocycles. The molecule has 3 N–H and O–H groups in total. The topological polar surface area (TPSA) is 98.3 Å². The second kappa shape index (κ2) is 8.70. The first kappa shape index (κ1) is 18.4. The van der Waals surface area contributed by atoms with E-state index in [1.807, 2.05) is 0 Å². The van der Waals surface area contributed by atoms with Gasteiger partial charge in [-0.05, 0) is 37.3 Å². The summed E-state index contributed by atoms with van der Waals surface area (Å²) in [6, 6.07) is 6.42. The summed E-state index contributed by atoms with van der Waals surface area (Å²) in [6.45, 7) is 1.12. The van der Waals surface area contributed by atoms with Gasteiger partial charge in [0.15, 0.2) is 0 Å². The number of carbonyl (C=O) groups excluding carboxylic acids is 1. The Morgan fingerprint density at radius 3 is 2.59 bits per heavy atom. The van der Waals surface area contributed by atoms with Crippen molar-refractivity contribution in [1.82, 2.24) is 5.32 Å². The van der Waals surface area contributed by atoms with Gasteiger partial charge in [-0.25, -0.2) is 0 Å². The molecule has 0 saturated heterocycles. The predicted octanol–water partition coefficient (Wildman–Crippen LogP) is 2.05. The third-order valence-electron chi connectivity index (χ3n) is 4.16. The van der Waals surface area contributed by atoms with Gasteiger partial charge in [0, 0.05) is 24.6 Å². The Hall–Kier alpha value is -1.66. The minimum atomic E-state index is -0.418. The number of nitro groups is 1. The number of benzene rings is 1. The molecule has 0 spiro atoms. The second-order valence-corrected chi connectivity index (χ2v) is 5.50. The SMILES string of the molecule is Cl.NC[C@H]1CCC[C@H]1C(=O)NCCc1ccc([N+](=O)[O-])cc1. The van der Waals surface area contributed by atoms with Crippen LogP contribution >= 0.6 is 12.4 Å². The van der Waals surface area contributed by atoms with E-state index in [0.29, 0.717) is 25.4 Å². The third kappa shape index (κ3) is 4.68. The predicted molar refractivity (Wildman–Crippen MR) is 86.9 cm³/mol. The molecule has 22 heavy (non-hydrogen) atoms. The molecular formula is C15H22ClN3O3. The largest absolute Gasteiger partial charge is 0.356 e. The van der Waals surface area contributed by atoms with Gasteiger partial charge in [0.1, 0.15) is 0 Å². The highest BCUT2D eigenvalue weighted by Crippen LogP contribution is 2.30. The zero-order valence-corrected chi connectivity index (χ0v) is 13.2. The van der Waals surface area contributed by atoms with Gasteiger partial charge in [-0.15, -0.1) is 12.4 Å². The Kier molecular flexibility index (Phi) is 7.27. The first-order valence-corrected chi connectivity index (χ1v) is 7.33. The van der Waals surface area contributed by atoms with Crippen LogP contribution in [0.3, 0.4) is 0 Å². The first-order chi connectivity index (χ1) is 10.1. The van der Waals surface area contributed by atoms with E-state index in [9.17, 15) is 14.9 Å². The Bertz CT molecular complexity index is 507. The molecule has 1 aliphatic carbocycles. The van der Waals surface area contributed by atoms with E-state index < -0.39 is 4.92 Å². The molecule has 0 unspecified atom stereocenters. The van der Waals surface area contributed by atoms with Crippen molar-refractivity contribution < 1.29 is 9.72 Å². The van der Waals surface area contributed by atoms with Gasteiger partial charge in [0.2, 0.25) is 5.91 Å². The molecular weight excluding hydrogens is 306 g/mol. The van der Waals surface area contributed by atoms with Gasteiger partial charge in [-0.1, -0.05) is 18.6 Å². The molecule has 1 aliphatic rings. The molecule has 6 nitrogen and oxygen atoms in total. The van der Waals surface area contributed by atoms with Crippen molar-refractivity contribution in [3.05, 3.63) is 39.9 Å². The molecule has 0 heterocycles. The van der Waals surface area contributed by atoms with Crippen LogP contribution in [0.4, 0.5) is 5.69 Å². The van der Waals surface area contributed by atoms with Crippen molar-refractivity contribution in [1.29, 1.82) is 0 Å². The van der Waals surface area contributed by atoms with E-state index in [0.717, 1.165) is 24.8 Å². The molecule has 0 radical (unpaired) electrons. The number of nitro benzene ring substituents is 1. The van der Waals surface area contributed by atoms with Crippen LogP contribution in [0.2, 0.25) is 0 Å². The van der Waals surface area contributed by atoms with Crippen LogP contribution in [0.5, 0.6) is 0 Å². The van der Waals surface area contributed by atoms with Gasteiger partial charge >= 0.3 is 0 Å². The third-order valence-corrected chi connectivity index (χ3v) is 4.16. The zero-order chi connectivity index (χ0) is 15.2. The summed E-state index contributed by atoms with van der Waals surface area (Å²) in [5, 5.41) is 13.5. The van der Waals surface area contributed by atoms with E-state index >= 15 is 0 Å². The highest BCUT2D eigenvalue weighted by Gasteiger charge is 2.31. The monoisotopic (exact) mass is 327 g/mol. The minimum absolute atomic E-state index is 0. The van der Waals surface area contributed by atoms with Crippen LogP contribution in [0.25, 0.3) is 0 Å². The van der Waals surface area contributed by atoms with Crippen molar-refractivity contribution in [2.24, 2.45) is 17.6 Å². The molecule has 1 saturated carbocycles. The van der Waals surface area contributed by atoms with Crippen molar-refractivity contribution in [2.75, 3.05) is 13.1 Å². The molecule has 1 aromatic rings. The fraction of sp³-hybridized carbons (Fsp3) is 0.533. The van der Waals surface area contributed by atoms with Crippen LogP contribution in [0.1, 0.15) is 24.8 Å².